The lowest BCUT2D eigenvalue weighted by molar-refractivity contribution is -0.108. The second kappa shape index (κ2) is 6.57. The third-order valence-corrected chi connectivity index (χ3v) is 4.27. The molecule has 2 aliphatic carbocycles. The highest BCUT2D eigenvalue weighted by atomic mass is 16.1. The van der Waals surface area contributed by atoms with E-state index in [4.69, 9.17) is 0 Å². The van der Waals surface area contributed by atoms with Gasteiger partial charge in [0.15, 0.2) is 0 Å². The molecule has 0 aromatic carbocycles. The predicted molar refractivity (Wildman–Crippen MR) is 97.7 cm³/mol. The van der Waals surface area contributed by atoms with E-state index in [0.29, 0.717) is 0 Å². The van der Waals surface area contributed by atoms with Crippen LogP contribution in [0.3, 0.4) is 0 Å². The normalized spacial score (nSPS) is 22.1. The van der Waals surface area contributed by atoms with Crippen LogP contribution in [0.4, 0.5) is 0 Å². The molecule has 0 heterocycles. The van der Waals surface area contributed by atoms with Crippen molar-refractivity contribution in [3.8, 4) is 0 Å². The Kier molecular flexibility index (Phi) is 4.93. The molecular weight excluding hydrogens is 282 g/mol. The molecule has 122 valence electrons. The van der Waals surface area contributed by atoms with E-state index in [2.05, 4.69) is 82.5 Å². The number of hydrogen-bond donors (Lipinski definition) is 1. The zero-order valence-corrected chi connectivity index (χ0v) is 14.8. The van der Waals surface area contributed by atoms with Crippen LogP contribution >= 0.6 is 0 Å². The van der Waals surface area contributed by atoms with E-state index < -0.39 is 0 Å². The summed E-state index contributed by atoms with van der Waals surface area (Å²) in [4.78, 5) is 11.0. The first-order valence-corrected chi connectivity index (χ1v) is 8.23. The fraction of sp³-hybridized carbons (Fsp3) is 0.381. The molecule has 2 rings (SSSR count). The van der Waals surface area contributed by atoms with E-state index in [9.17, 15) is 4.79 Å². The van der Waals surface area contributed by atoms with E-state index in [-0.39, 0.29) is 10.8 Å². The van der Waals surface area contributed by atoms with Crippen molar-refractivity contribution < 1.29 is 4.79 Å². The van der Waals surface area contributed by atoms with Crippen LogP contribution in [0.5, 0.6) is 0 Å². The summed E-state index contributed by atoms with van der Waals surface area (Å²) in [5.41, 5.74) is 4.37. The van der Waals surface area contributed by atoms with Gasteiger partial charge in [0.05, 0.1) is 0 Å². The van der Waals surface area contributed by atoms with E-state index in [0.717, 1.165) is 24.1 Å². The Hall–Kier alpha value is -2.09. The third-order valence-electron chi connectivity index (χ3n) is 4.27. The highest BCUT2D eigenvalue weighted by Gasteiger charge is 2.19. The minimum Gasteiger partial charge on any atom is -0.328 e. The van der Waals surface area contributed by atoms with Crippen molar-refractivity contribution in [3.63, 3.8) is 0 Å². The second-order valence-electron chi connectivity index (χ2n) is 7.36. The fourth-order valence-corrected chi connectivity index (χ4v) is 2.69. The summed E-state index contributed by atoms with van der Waals surface area (Å²) in [5, 5.41) is 2.86. The molecule has 0 atom stereocenters. The second-order valence-corrected chi connectivity index (χ2v) is 7.36. The summed E-state index contributed by atoms with van der Waals surface area (Å²) in [5.74, 6) is 0. The van der Waals surface area contributed by atoms with Crippen molar-refractivity contribution in [2.75, 3.05) is 0 Å². The van der Waals surface area contributed by atoms with Gasteiger partial charge in [-0.25, -0.2) is 0 Å². The Morgan fingerprint density at radius 1 is 0.870 bits per heavy atom. The van der Waals surface area contributed by atoms with E-state index >= 15 is 0 Å². The number of carbonyl (C=O) groups is 1. The molecule has 1 amide bonds. The first-order chi connectivity index (χ1) is 10.8. The molecule has 1 N–H and O–H groups in total. The highest BCUT2D eigenvalue weighted by molar-refractivity contribution is 5.62. The highest BCUT2D eigenvalue weighted by Crippen LogP contribution is 2.34. The largest absolute Gasteiger partial charge is 0.328 e. The maximum absolute atomic E-state index is 11.0. The Morgan fingerprint density at radius 2 is 1.39 bits per heavy atom. The van der Waals surface area contributed by atoms with Crippen LogP contribution in [0.25, 0.3) is 0 Å². The number of amides is 1. The molecule has 0 spiro atoms. The molecule has 2 aliphatic rings. The molecular formula is C21H27NO. The molecule has 0 aromatic rings. The van der Waals surface area contributed by atoms with Crippen molar-refractivity contribution in [3.05, 3.63) is 71.0 Å². The van der Waals surface area contributed by atoms with Gasteiger partial charge < -0.3 is 5.32 Å². The molecule has 0 aromatic heterocycles. The molecule has 0 radical (unpaired) electrons. The lowest BCUT2D eigenvalue weighted by Crippen LogP contribution is -2.11. The summed E-state index contributed by atoms with van der Waals surface area (Å²) in [7, 11) is 0. The average Bonchev–Trinajstić information content (AvgIpc) is 2.72. The Labute approximate surface area is 140 Å². The first kappa shape index (κ1) is 17.3. The number of rotatable bonds is 4. The maximum atomic E-state index is 11.0. The smallest absolute Gasteiger partial charge is 0.211 e. The monoisotopic (exact) mass is 309 g/mol. The molecule has 2 heteroatoms. The molecule has 0 saturated heterocycles. The van der Waals surface area contributed by atoms with Crippen LogP contribution < -0.4 is 5.32 Å². The van der Waals surface area contributed by atoms with Crippen LogP contribution in [0.15, 0.2) is 71.0 Å². The predicted octanol–water partition coefficient (Wildman–Crippen LogP) is 5.00. The maximum Gasteiger partial charge on any atom is 0.211 e. The van der Waals surface area contributed by atoms with Gasteiger partial charge in [-0.2, -0.15) is 0 Å². The van der Waals surface area contributed by atoms with Crippen molar-refractivity contribution in [2.24, 2.45) is 10.8 Å². The van der Waals surface area contributed by atoms with Crippen molar-refractivity contribution in [2.45, 2.75) is 41.0 Å². The Morgan fingerprint density at radius 3 is 1.96 bits per heavy atom. The summed E-state index contributed by atoms with van der Waals surface area (Å²) in [6.07, 6.45) is 19.0. The van der Waals surface area contributed by atoms with E-state index in [1.807, 2.05) is 6.08 Å². The third kappa shape index (κ3) is 4.22. The van der Waals surface area contributed by atoms with Gasteiger partial charge in [0.1, 0.15) is 0 Å². The summed E-state index contributed by atoms with van der Waals surface area (Å²) >= 11 is 0. The lowest BCUT2D eigenvalue weighted by atomic mass is 9.91. The van der Waals surface area contributed by atoms with E-state index in [1.54, 1.807) is 0 Å². The first-order valence-electron chi connectivity index (χ1n) is 8.23. The molecule has 0 aliphatic heterocycles. The number of nitrogens with one attached hydrogen (secondary N) is 1. The van der Waals surface area contributed by atoms with E-state index in [1.165, 1.54) is 11.1 Å². The topological polar surface area (TPSA) is 29.1 Å². The van der Waals surface area contributed by atoms with Crippen molar-refractivity contribution >= 4 is 6.41 Å². The van der Waals surface area contributed by atoms with Gasteiger partial charge >= 0.3 is 0 Å². The van der Waals surface area contributed by atoms with Crippen LogP contribution in [0.1, 0.15) is 41.0 Å². The van der Waals surface area contributed by atoms with Crippen LogP contribution in [0.2, 0.25) is 0 Å². The molecule has 2 nitrogen and oxygen atoms in total. The number of allylic oxidation sites excluding steroid dienone is 11. The zero-order valence-electron chi connectivity index (χ0n) is 14.8. The Balaban J connectivity index is 2.63. The number of hydrogen-bond acceptors (Lipinski definition) is 1. The summed E-state index contributed by atoms with van der Waals surface area (Å²) in [6, 6.07) is 0. The minimum atomic E-state index is -0.0337. The standard InChI is InChI=1S/C21H27NO/c1-6-16-7-11-20(2,3)12-8-17(16)18-9-13-21(4,5)14-10-19(18)22-15-23/h7-15H,6H2,1-5H3,(H,22,23). The quantitative estimate of drug-likeness (QED) is 0.728. The van der Waals surface area contributed by atoms with Gasteiger partial charge in [-0.1, -0.05) is 77.2 Å². The Bertz CT molecular complexity index is 664. The van der Waals surface area contributed by atoms with Gasteiger partial charge in [-0.3, -0.25) is 4.79 Å². The number of carbonyl (C=O) groups excluding carboxylic acids is 1. The van der Waals surface area contributed by atoms with Gasteiger partial charge in [-0.05, 0) is 23.6 Å². The van der Waals surface area contributed by atoms with Gasteiger partial charge in [0.25, 0.3) is 0 Å². The van der Waals surface area contributed by atoms with Crippen LogP contribution in [-0.2, 0) is 4.79 Å². The van der Waals surface area contributed by atoms with Gasteiger partial charge in [0, 0.05) is 22.1 Å². The molecule has 0 bridgehead atoms. The fourth-order valence-electron chi connectivity index (χ4n) is 2.69. The SMILES string of the molecule is CCC1=C(C2=C(NC=O)C=CC(C)(C)C=C2)C=CC(C)(C)C=C1. The minimum absolute atomic E-state index is 0.0323. The van der Waals surface area contributed by atoms with Crippen molar-refractivity contribution in [1.82, 2.24) is 5.32 Å². The van der Waals surface area contributed by atoms with Gasteiger partial charge in [-0.15, -0.1) is 0 Å². The molecule has 0 unspecified atom stereocenters. The molecule has 23 heavy (non-hydrogen) atoms. The zero-order chi connectivity index (χ0) is 17.1. The summed E-state index contributed by atoms with van der Waals surface area (Å²) in [6.45, 7) is 10.9. The van der Waals surface area contributed by atoms with Crippen LogP contribution in [-0.4, -0.2) is 6.41 Å². The van der Waals surface area contributed by atoms with Crippen molar-refractivity contribution in [1.29, 1.82) is 0 Å². The molecule has 0 saturated carbocycles. The lowest BCUT2D eigenvalue weighted by Gasteiger charge is -2.14. The van der Waals surface area contributed by atoms with Crippen LogP contribution in [0, 0.1) is 10.8 Å². The molecule has 0 fully saturated rings. The summed E-state index contributed by atoms with van der Waals surface area (Å²) < 4.78 is 0. The average molecular weight is 309 g/mol. The van der Waals surface area contributed by atoms with Gasteiger partial charge in [0.2, 0.25) is 6.41 Å².